The topological polar surface area (TPSA) is 38.8 Å². The van der Waals surface area contributed by atoms with Gasteiger partial charge in [-0.2, -0.15) is 0 Å². The lowest BCUT2D eigenvalue weighted by Gasteiger charge is -2.33. The van der Waals surface area contributed by atoms with Crippen LogP contribution in [0.25, 0.3) is 0 Å². The summed E-state index contributed by atoms with van der Waals surface area (Å²) in [5.74, 6) is -0.210. The molecule has 138 valence electrons. The highest BCUT2D eigenvalue weighted by Gasteiger charge is 2.21. The zero-order valence-corrected chi connectivity index (χ0v) is 15.7. The number of ether oxygens (including phenoxy) is 2. The number of rotatable bonds is 6. The molecule has 0 N–H and O–H groups in total. The minimum absolute atomic E-state index is 0.0740. The molecule has 0 aromatic heterocycles. The van der Waals surface area contributed by atoms with E-state index < -0.39 is 0 Å². The van der Waals surface area contributed by atoms with Gasteiger partial charge in [0.25, 0.3) is 0 Å². The van der Waals surface area contributed by atoms with Crippen molar-refractivity contribution in [2.24, 2.45) is 0 Å². The molecule has 0 radical (unpaired) electrons. The number of benzene rings is 2. The van der Waals surface area contributed by atoms with Gasteiger partial charge in [-0.25, -0.2) is 0 Å². The van der Waals surface area contributed by atoms with Crippen molar-refractivity contribution in [1.82, 2.24) is 4.90 Å². The average Bonchev–Trinajstić information content (AvgIpc) is 2.67. The average molecular weight is 374 g/mol. The number of carbonyl (C=O) groups excluding carboxylic acids is 1. The maximum Gasteiger partial charge on any atom is 0.309 e. The molecule has 26 heavy (non-hydrogen) atoms. The lowest BCUT2D eigenvalue weighted by atomic mass is 10.1. The number of methoxy groups -OCH3 is 1. The monoisotopic (exact) mass is 373 g/mol. The Morgan fingerprint density at radius 3 is 2.73 bits per heavy atom. The molecule has 3 rings (SSSR count). The molecule has 1 unspecified atom stereocenters. The molecule has 1 atom stereocenters. The number of morpholine rings is 1. The van der Waals surface area contributed by atoms with Crippen LogP contribution < -0.4 is 0 Å². The van der Waals surface area contributed by atoms with E-state index in [-0.39, 0.29) is 12.1 Å². The van der Waals surface area contributed by atoms with Crippen molar-refractivity contribution in [2.75, 3.05) is 33.4 Å². The van der Waals surface area contributed by atoms with E-state index in [9.17, 15) is 4.79 Å². The van der Waals surface area contributed by atoms with E-state index in [1.807, 2.05) is 30.3 Å². The van der Waals surface area contributed by atoms with E-state index in [4.69, 9.17) is 21.1 Å². The Morgan fingerprint density at radius 1 is 1.23 bits per heavy atom. The van der Waals surface area contributed by atoms with Crippen molar-refractivity contribution >= 4 is 17.6 Å². The Morgan fingerprint density at radius 2 is 2.00 bits per heavy atom. The second-order valence-electron chi connectivity index (χ2n) is 6.53. The van der Waals surface area contributed by atoms with Crippen molar-refractivity contribution in [1.29, 1.82) is 0 Å². The molecule has 0 amide bonds. The van der Waals surface area contributed by atoms with Gasteiger partial charge in [-0.05, 0) is 35.2 Å². The Kier molecular flexibility index (Phi) is 6.67. The standard InChI is InChI=1S/C21H24ClNO3/c1-25-21(24)13-17-7-5-16(6-8-17)9-10-23-11-12-26-20(15-23)18-3-2-4-19(22)14-18/h2-8,14,20H,9-13,15H2,1H3. The minimum Gasteiger partial charge on any atom is -0.469 e. The molecule has 1 aliphatic rings. The van der Waals surface area contributed by atoms with Gasteiger partial charge in [-0.3, -0.25) is 9.69 Å². The fourth-order valence-electron chi connectivity index (χ4n) is 3.16. The van der Waals surface area contributed by atoms with Crippen molar-refractivity contribution in [3.05, 3.63) is 70.2 Å². The lowest BCUT2D eigenvalue weighted by Crippen LogP contribution is -2.39. The van der Waals surface area contributed by atoms with Gasteiger partial charge in [0.1, 0.15) is 0 Å². The van der Waals surface area contributed by atoms with Crippen LogP contribution in [-0.4, -0.2) is 44.2 Å². The van der Waals surface area contributed by atoms with Crippen LogP contribution in [0, 0.1) is 0 Å². The molecule has 0 spiro atoms. The van der Waals surface area contributed by atoms with E-state index >= 15 is 0 Å². The summed E-state index contributed by atoms with van der Waals surface area (Å²) in [6.45, 7) is 3.53. The summed E-state index contributed by atoms with van der Waals surface area (Å²) >= 11 is 6.10. The number of hydrogen-bond acceptors (Lipinski definition) is 4. The molecular formula is C21H24ClNO3. The molecule has 4 nitrogen and oxygen atoms in total. The fraction of sp³-hybridized carbons (Fsp3) is 0.381. The highest BCUT2D eigenvalue weighted by molar-refractivity contribution is 6.30. The Hall–Kier alpha value is -1.88. The first-order valence-electron chi connectivity index (χ1n) is 8.88. The molecule has 2 aromatic rings. The van der Waals surface area contributed by atoms with Gasteiger partial charge in [0.2, 0.25) is 0 Å². The third-order valence-electron chi connectivity index (χ3n) is 4.69. The Labute approximate surface area is 159 Å². The number of nitrogens with zero attached hydrogens (tertiary/aromatic N) is 1. The third-order valence-corrected chi connectivity index (χ3v) is 4.92. The minimum atomic E-state index is -0.210. The zero-order valence-electron chi connectivity index (χ0n) is 15.0. The van der Waals surface area contributed by atoms with Crippen molar-refractivity contribution in [3.63, 3.8) is 0 Å². The smallest absolute Gasteiger partial charge is 0.309 e. The SMILES string of the molecule is COC(=O)Cc1ccc(CCN2CCOC(c3cccc(Cl)c3)C2)cc1. The van der Waals surface area contributed by atoms with Crippen LogP contribution in [0.1, 0.15) is 22.8 Å². The quantitative estimate of drug-likeness (QED) is 0.724. The van der Waals surface area contributed by atoms with E-state index in [1.165, 1.54) is 12.7 Å². The van der Waals surface area contributed by atoms with Crippen molar-refractivity contribution < 1.29 is 14.3 Å². The van der Waals surface area contributed by atoms with E-state index in [1.54, 1.807) is 0 Å². The molecule has 0 saturated carbocycles. The normalized spacial score (nSPS) is 17.8. The fourth-order valence-corrected chi connectivity index (χ4v) is 3.36. The van der Waals surface area contributed by atoms with Crippen LogP contribution in [0.5, 0.6) is 0 Å². The van der Waals surface area contributed by atoms with Gasteiger partial charge in [-0.1, -0.05) is 48.0 Å². The predicted molar refractivity (Wildman–Crippen MR) is 102 cm³/mol. The third kappa shape index (κ3) is 5.31. The first-order chi connectivity index (χ1) is 12.6. The van der Waals surface area contributed by atoms with Crippen molar-refractivity contribution in [3.8, 4) is 0 Å². The summed E-state index contributed by atoms with van der Waals surface area (Å²) in [5.41, 5.74) is 3.38. The van der Waals surface area contributed by atoms with Crippen LogP contribution in [0.4, 0.5) is 0 Å². The predicted octanol–water partition coefficient (Wildman–Crippen LogP) is 3.67. The summed E-state index contributed by atoms with van der Waals surface area (Å²) in [6.07, 6.45) is 1.37. The number of halogens is 1. The summed E-state index contributed by atoms with van der Waals surface area (Å²) in [7, 11) is 1.41. The maximum atomic E-state index is 11.3. The number of hydrogen-bond donors (Lipinski definition) is 0. The van der Waals surface area contributed by atoms with Gasteiger partial charge in [-0.15, -0.1) is 0 Å². The van der Waals surface area contributed by atoms with Gasteiger partial charge < -0.3 is 9.47 Å². The molecule has 1 heterocycles. The van der Waals surface area contributed by atoms with E-state index in [2.05, 4.69) is 23.1 Å². The second kappa shape index (κ2) is 9.17. The van der Waals surface area contributed by atoms with Gasteiger partial charge in [0, 0.05) is 24.7 Å². The summed E-state index contributed by atoms with van der Waals surface area (Å²) < 4.78 is 10.6. The first kappa shape index (κ1) is 18.9. The highest BCUT2D eigenvalue weighted by Crippen LogP contribution is 2.24. The molecule has 1 fully saturated rings. The molecule has 0 bridgehead atoms. The number of carbonyl (C=O) groups is 1. The molecule has 1 saturated heterocycles. The Balaban J connectivity index is 1.52. The van der Waals surface area contributed by atoms with Crippen molar-refractivity contribution in [2.45, 2.75) is 18.9 Å². The van der Waals surface area contributed by atoms with Crippen LogP contribution >= 0.6 is 11.6 Å². The highest BCUT2D eigenvalue weighted by atomic mass is 35.5. The molecule has 5 heteroatoms. The molecule has 2 aromatic carbocycles. The Bertz CT molecular complexity index is 732. The molecular weight excluding hydrogens is 350 g/mol. The second-order valence-corrected chi connectivity index (χ2v) is 6.97. The largest absolute Gasteiger partial charge is 0.469 e. The lowest BCUT2D eigenvalue weighted by molar-refractivity contribution is -0.139. The molecule has 1 aliphatic heterocycles. The zero-order chi connectivity index (χ0) is 18.4. The van der Waals surface area contributed by atoms with Gasteiger partial charge >= 0.3 is 5.97 Å². The van der Waals surface area contributed by atoms with Crippen LogP contribution in [-0.2, 0) is 27.1 Å². The summed E-state index contributed by atoms with van der Waals surface area (Å²) in [4.78, 5) is 13.7. The number of esters is 1. The van der Waals surface area contributed by atoms with E-state index in [0.717, 1.165) is 48.8 Å². The van der Waals surface area contributed by atoms with Crippen LogP contribution in [0.3, 0.4) is 0 Å². The first-order valence-corrected chi connectivity index (χ1v) is 9.26. The van der Waals surface area contributed by atoms with Crippen LogP contribution in [0.15, 0.2) is 48.5 Å². The van der Waals surface area contributed by atoms with Gasteiger partial charge in [0.05, 0.1) is 26.2 Å². The van der Waals surface area contributed by atoms with Gasteiger partial charge in [0.15, 0.2) is 0 Å². The van der Waals surface area contributed by atoms with Crippen LogP contribution in [0.2, 0.25) is 5.02 Å². The summed E-state index contributed by atoms with van der Waals surface area (Å²) in [5, 5.41) is 0.746. The summed E-state index contributed by atoms with van der Waals surface area (Å²) in [6, 6.07) is 16.1. The maximum absolute atomic E-state index is 11.3. The molecule has 0 aliphatic carbocycles. The van der Waals surface area contributed by atoms with E-state index in [0.29, 0.717) is 6.42 Å².